The Labute approximate surface area is 112 Å². The zero-order chi connectivity index (χ0) is 14.8. The SMILES string of the molecule is CC(=O)OC(C=C(C)C=CC=C(C)C=O)OC(C)=O. The fourth-order valence-electron chi connectivity index (χ4n) is 1.08. The number of ether oxygens (including phenoxy) is 2. The summed E-state index contributed by atoms with van der Waals surface area (Å²) in [6, 6.07) is 0. The van der Waals surface area contributed by atoms with E-state index in [0.717, 1.165) is 11.9 Å². The zero-order valence-corrected chi connectivity index (χ0v) is 11.5. The fraction of sp³-hybridized carbons (Fsp3) is 0.357. The molecule has 0 heterocycles. The van der Waals surface area contributed by atoms with Gasteiger partial charge >= 0.3 is 11.9 Å². The van der Waals surface area contributed by atoms with Crippen LogP contribution in [0.1, 0.15) is 27.7 Å². The first-order valence-corrected chi connectivity index (χ1v) is 5.68. The van der Waals surface area contributed by atoms with E-state index >= 15 is 0 Å². The van der Waals surface area contributed by atoms with Gasteiger partial charge in [0.1, 0.15) is 6.29 Å². The highest BCUT2D eigenvalue weighted by Crippen LogP contribution is 2.05. The predicted molar refractivity (Wildman–Crippen MR) is 70.0 cm³/mol. The van der Waals surface area contributed by atoms with E-state index in [1.54, 1.807) is 32.1 Å². The summed E-state index contributed by atoms with van der Waals surface area (Å²) < 4.78 is 9.63. The summed E-state index contributed by atoms with van der Waals surface area (Å²) >= 11 is 0. The molecule has 0 aromatic carbocycles. The van der Waals surface area contributed by atoms with E-state index < -0.39 is 18.2 Å². The molecule has 0 aromatic rings. The minimum Gasteiger partial charge on any atom is -0.421 e. The maximum atomic E-state index is 10.9. The molecule has 0 atom stereocenters. The van der Waals surface area contributed by atoms with Gasteiger partial charge in [-0.15, -0.1) is 0 Å². The van der Waals surface area contributed by atoms with Crippen molar-refractivity contribution in [1.29, 1.82) is 0 Å². The van der Waals surface area contributed by atoms with Crippen LogP contribution < -0.4 is 0 Å². The molecule has 5 nitrogen and oxygen atoms in total. The van der Waals surface area contributed by atoms with Crippen LogP contribution in [0.3, 0.4) is 0 Å². The van der Waals surface area contributed by atoms with Crippen LogP contribution in [0.15, 0.2) is 35.5 Å². The number of allylic oxidation sites excluding steroid dienone is 5. The van der Waals surface area contributed by atoms with Crippen molar-refractivity contribution in [2.75, 3.05) is 0 Å². The van der Waals surface area contributed by atoms with Gasteiger partial charge in [-0.2, -0.15) is 0 Å². The molecule has 5 heteroatoms. The molecule has 0 saturated carbocycles. The van der Waals surface area contributed by atoms with E-state index in [9.17, 15) is 14.4 Å². The second kappa shape index (κ2) is 8.85. The average Bonchev–Trinajstić information content (AvgIpc) is 2.26. The van der Waals surface area contributed by atoms with E-state index in [0.29, 0.717) is 5.57 Å². The van der Waals surface area contributed by atoms with Crippen molar-refractivity contribution < 1.29 is 23.9 Å². The summed E-state index contributed by atoms with van der Waals surface area (Å²) in [6.07, 6.45) is 6.20. The maximum absolute atomic E-state index is 10.9. The second-order valence-corrected chi connectivity index (χ2v) is 3.89. The molecule has 19 heavy (non-hydrogen) atoms. The van der Waals surface area contributed by atoms with Gasteiger partial charge in [-0.1, -0.05) is 18.2 Å². The van der Waals surface area contributed by atoms with Gasteiger partial charge in [0.05, 0.1) is 0 Å². The molecule has 0 N–H and O–H groups in total. The quantitative estimate of drug-likeness (QED) is 0.242. The van der Waals surface area contributed by atoms with E-state index in [2.05, 4.69) is 0 Å². The molecular weight excluding hydrogens is 248 g/mol. The number of esters is 2. The number of carbonyl (C=O) groups is 3. The lowest BCUT2D eigenvalue weighted by Gasteiger charge is -2.13. The number of hydrogen-bond acceptors (Lipinski definition) is 5. The molecule has 0 saturated heterocycles. The third-order valence-electron chi connectivity index (χ3n) is 1.87. The summed E-state index contributed by atoms with van der Waals surface area (Å²) in [5.41, 5.74) is 1.31. The summed E-state index contributed by atoms with van der Waals surface area (Å²) in [6.45, 7) is 5.88. The highest BCUT2D eigenvalue weighted by Gasteiger charge is 2.11. The van der Waals surface area contributed by atoms with Crippen molar-refractivity contribution in [3.05, 3.63) is 35.5 Å². The van der Waals surface area contributed by atoms with Crippen molar-refractivity contribution in [2.45, 2.75) is 34.0 Å². The van der Waals surface area contributed by atoms with Crippen LogP contribution in [0.4, 0.5) is 0 Å². The van der Waals surface area contributed by atoms with E-state index in [1.165, 1.54) is 19.9 Å². The van der Waals surface area contributed by atoms with Gasteiger partial charge < -0.3 is 9.47 Å². The number of rotatable bonds is 6. The summed E-state index contributed by atoms with van der Waals surface area (Å²) in [5, 5.41) is 0. The van der Waals surface area contributed by atoms with Gasteiger partial charge in [-0.3, -0.25) is 14.4 Å². The number of aldehydes is 1. The smallest absolute Gasteiger partial charge is 0.305 e. The van der Waals surface area contributed by atoms with Crippen molar-refractivity contribution in [3.63, 3.8) is 0 Å². The van der Waals surface area contributed by atoms with E-state index in [-0.39, 0.29) is 0 Å². The lowest BCUT2D eigenvalue weighted by Crippen LogP contribution is -2.20. The van der Waals surface area contributed by atoms with Crippen LogP contribution in [-0.4, -0.2) is 24.5 Å². The fourth-order valence-corrected chi connectivity index (χ4v) is 1.08. The summed E-state index contributed by atoms with van der Waals surface area (Å²) in [7, 11) is 0. The van der Waals surface area contributed by atoms with Crippen LogP contribution in [0.25, 0.3) is 0 Å². The van der Waals surface area contributed by atoms with Gasteiger partial charge in [-0.25, -0.2) is 0 Å². The Balaban J connectivity index is 4.76. The van der Waals surface area contributed by atoms with Crippen molar-refractivity contribution in [3.8, 4) is 0 Å². The number of carbonyl (C=O) groups excluding carboxylic acids is 3. The van der Waals surface area contributed by atoms with Gasteiger partial charge in [0.2, 0.25) is 0 Å². The molecule has 0 aliphatic carbocycles. The standard InChI is InChI=1S/C14H18O5/c1-10(6-5-7-11(2)9-15)8-14(18-12(3)16)19-13(4)17/h5-9,14H,1-4H3. The Morgan fingerprint density at radius 2 is 1.47 bits per heavy atom. The Hall–Kier alpha value is -2.17. The molecule has 104 valence electrons. The third kappa shape index (κ3) is 9.52. The van der Waals surface area contributed by atoms with Gasteiger partial charge in [-0.05, 0) is 31.1 Å². The predicted octanol–water partition coefficient (Wildman–Crippen LogP) is 2.09. The average molecular weight is 266 g/mol. The second-order valence-electron chi connectivity index (χ2n) is 3.89. The van der Waals surface area contributed by atoms with Crippen molar-refractivity contribution in [1.82, 2.24) is 0 Å². The molecule has 0 amide bonds. The molecule has 0 fully saturated rings. The zero-order valence-electron chi connectivity index (χ0n) is 11.5. The first kappa shape index (κ1) is 16.8. The minimum absolute atomic E-state index is 0.545. The Morgan fingerprint density at radius 3 is 1.89 bits per heavy atom. The molecule has 0 spiro atoms. The highest BCUT2D eigenvalue weighted by molar-refractivity contribution is 5.72. The van der Waals surface area contributed by atoms with Crippen LogP contribution in [-0.2, 0) is 23.9 Å². The molecular formula is C14H18O5. The van der Waals surface area contributed by atoms with Crippen LogP contribution in [0, 0.1) is 0 Å². The molecule has 0 unspecified atom stereocenters. The van der Waals surface area contributed by atoms with Crippen LogP contribution >= 0.6 is 0 Å². The lowest BCUT2D eigenvalue weighted by atomic mass is 10.2. The molecule has 0 aliphatic heterocycles. The Kier molecular flexibility index (Phi) is 7.84. The third-order valence-corrected chi connectivity index (χ3v) is 1.87. The van der Waals surface area contributed by atoms with Gasteiger partial charge in [0.15, 0.2) is 0 Å². The maximum Gasteiger partial charge on any atom is 0.305 e. The minimum atomic E-state index is -1.05. The highest BCUT2D eigenvalue weighted by atomic mass is 16.7. The summed E-state index contributed by atoms with van der Waals surface area (Å²) in [4.78, 5) is 32.1. The molecule has 0 radical (unpaired) electrons. The van der Waals surface area contributed by atoms with E-state index in [4.69, 9.17) is 9.47 Å². The van der Waals surface area contributed by atoms with Gasteiger partial charge in [0.25, 0.3) is 6.29 Å². The Bertz CT molecular complexity index is 413. The Morgan fingerprint density at radius 1 is 0.947 bits per heavy atom. The molecule has 0 rings (SSSR count). The summed E-state index contributed by atoms with van der Waals surface area (Å²) in [5.74, 6) is -1.09. The molecule has 0 bridgehead atoms. The topological polar surface area (TPSA) is 69.7 Å². The lowest BCUT2D eigenvalue weighted by molar-refractivity contribution is -0.176. The molecule has 0 aliphatic rings. The van der Waals surface area contributed by atoms with Crippen molar-refractivity contribution in [2.24, 2.45) is 0 Å². The van der Waals surface area contributed by atoms with Gasteiger partial charge in [0, 0.05) is 13.8 Å². The molecule has 0 aromatic heterocycles. The van der Waals surface area contributed by atoms with Crippen LogP contribution in [0.2, 0.25) is 0 Å². The van der Waals surface area contributed by atoms with Crippen LogP contribution in [0.5, 0.6) is 0 Å². The normalized spacial score (nSPS) is 12.7. The van der Waals surface area contributed by atoms with Crippen molar-refractivity contribution >= 4 is 18.2 Å². The van der Waals surface area contributed by atoms with E-state index in [1.807, 2.05) is 0 Å². The first-order chi connectivity index (χ1) is 8.85. The monoisotopic (exact) mass is 266 g/mol. The number of hydrogen-bond donors (Lipinski definition) is 0. The largest absolute Gasteiger partial charge is 0.421 e. The first-order valence-electron chi connectivity index (χ1n) is 5.68.